The Morgan fingerprint density at radius 1 is 0.974 bits per heavy atom. The summed E-state index contributed by atoms with van der Waals surface area (Å²) in [7, 11) is 2.18. The van der Waals surface area contributed by atoms with E-state index in [0.29, 0.717) is 22.6 Å². The molecule has 0 radical (unpaired) electrons. The van der Waals surface area contributed by atoms with Crippen molar-refractivity contribution in [2.24, 2.45) is 0 Å². The second kappa shape index (κ2) is 14.5. The van der Waals surface area contributed by atoms with Crippen LogP contribution in [-0.2, 0) is 16.8 Å². The van der Waals surface area contributed by atoms with Crippen molar-refractivity contribution in [3.8, 4) is 5.75 Å². The van der Waals surface area contributed by atoms with Gasteiger partial charge in [-0.25, -0.2) is 9.59 Å². The van der Waals surface area contributed by atoms with E-state index in [1.807, 2.05) is 69.3 Å². The van der Waals surface area contributed by atoms with Crippen molar-refractivity contribution in [2.75, 3.05) is 25.5 Å². The van der Waals surface area contributed by atoms with Gasteiger partial charge in [-0.1, -0.05) is 69.7 Å². The summed E-state index contributed by atoms with van der Waals surface area (Å²) in [6.07, 6.45) is 3.99. The number of carbonyl (C=O) groups excluding carboxylic acids is 2. The first-order chi connectivity index (χ1) is 18.9. The average molecular weight is 531 g/mol. The van der Waals surface area contributed by atoms with Crippen molar-refractivity contribution in [2.45, 2.75) is 65.4 Å². The summed E-state index contributed by atoms with van der Waals surface area (Å²) in [5.41, 5.74) is 3.91. The van der Waals surface area contributed by atoms with E-state index in [0.717, 1.165) is 31.5 Å². The number of rotatable bonds is 7. The zero-order valence-corrected chi connectivity index (χ0v) is 24.0. The van der Waals surface area contributed by atoms with E-state index >= 15 is 0 Å². The molecule has 208 valence electrons. The standard InChI is InChI=1S/C31H36N2O4.C2H6/c1-4-31(17-8-9-18-33(3)22-31)25-13-10-14-27(20-25)37-30(35)32-26-15-16-28(23(2)19-26)29(34)36-21-24-11-6-5-7-12-24;1-2/h5-7,10-16,19-20H,4,8-9,17-18,21-22H2,1-3H3,(H,32,35);1-2H3. The molecule has 4 rings (SSSR count). The number of likely N-dealkylation sites (tertiary alicyclic amines) is 1. The van der Waals surface area contributed by atoms with Crippen LogP contribution in [0, 0.1) is 6.92 Å². The third-order valence-electron chi connectivity index (χ3n) is 7.26. The summed E-state index contributed by atoms with van der Waals surface area (Å²) in [5, 5.41) is 2.77. The molecule has 1 atom stereocenters. The van der Waals surface area contributed by atoms with Crippen LogP contribution in [0.4, 0.5) is 10.5 Å². The molecule has 1 aliphatic heterocycles. The molecule has 0 aromatic heterocycles. The van der Waals surface area contributed by atoms with E-state index in [9.17, 15) is 9.59 Å². The molecular weight excluding hydrogens is 488 g/mol. The SMILES string of the molecule is CC.CCC1(c2cccc(OC(=O)Nc3ccc(C(=O)OCc4ccccc4)c(C)c3)c2)CCCCN(C)C1. The van der Waals surface area contributed by atoms with Crippen molar-refractivity contribution in [3.63, 3.8) is 0 Å². The summed E-state index contributed by atoms with van der Waals surface area (Å²) in [6, 6.07) is 22.5. The summed E-state index contributed by atoms with van der Waals surface area (Å²) in [5.74, 6) is 0.119. The van der Waals surface area contributed by atoms with Crippen LogP contribution in [0.2, 0.25) is 0 Å². The highest BCUT2D eigenvalue weighted by Crippen LogP contribution is 2.37. The number of nitrogens with zero attached hydrogens (tertiary/aromatic N) is 1. The average Bonchev–Trinajstić information content (AvgIpc) is 3.15. The van der Waals surface area contributed by atoms with Gasteiger partial charge in [0.1, 0.15) is 12.4 Å². The number of aryl methyl sites for hydroxylation is 1. The lowest BCUT2D eigenvalue weighted by atomic mass is 9.74. The number of anilines is 1. The highest BCUT2D eigenvalue weighted by Gasteiger charge is 2.33. The Kier molecular flexibility index (Phi) is 11.1. The van der Waals surface area contributed by atoms with E-state index in [-0.39, 0.29) is 12.0 Å². The zero-order chi connectivity index (χ0) is 28.3. The predicted molar refractivity (Wildman–Crippen MR) is 157 cm³/mol. The Morgan fingerprint density at radius 2 is 1.74 bits per heavy atom. The second-order valence-electron chi connectivity index (χ2n) is 9.96. The number of hydrogen-bond donors (Lipinski definition) is 1. The second-order valence-corrected chi connectivity index (χ2v) is 9.96. The summed E-state index contributed by atoms with van der Waals surface area (Å²) < 4.78 is 11.1. The molecule has 0 bridgehead atoms. The molecule has 1 aliphatic rings. The monoisotopic (exact) mass is 530 g/mol. The van der Waals surface area contributed by atoms with Crippen LogP contribution >= 0.6 is 0 Å². The number of amides is 1. The number of esters is 1. The topological polar surface area (TPSA) is 67.9 Å². The van der Waals surface area contributed by atoms with Gasteiger partial charge in [0.15, 0.2) is 0 Å². The zero-order valence-electron chi connectivity index (χ0n) is 24.0. The van der Waals surface area contributed by atoms with Crippen LogP contribution in [0.15, 0.2) is 72.8 Å². The molecular formula is C33H42N2O4. The van der Waals surface area contributed by atoms with E-state index < -0.39 is 12.1 Å². The van der Waals surface area contributed by atoms with Gasteiger partial charge in [0, 0.05) is 17.6 Å². The number of ether oxygens (including phenoxy) is 2. The molecule has 3 aromatic rings. The minimum absolute atomic E-state index is 0.0587. The first-order valence-electron chi connectivity index (χ1n) is 14.0. The highest BCUT2D eigenvalue weighted by atomic mass is 16.6. The first-order valence-corrected chi connectivity index (χ1v) is 14.0. The van der Waals surface area contributed by atoms with Gasteiger partial charge in [0.05, 0.1) is 5.56 Å². The molecule has 1 amide bonds. The summed E-state index contributed by atoms with van der Waals surface area (Å²) in [4.78, 5) is 27.6. The molecule has 0 aliphatic carbocycles. The van der Waals surface area contributed by atoms with Crippen molar-refractivity contribution in [3.05, 3.63) is 95.1 Å². The lowest BCUT2D eigenvalue weighted by molar-refractivity contribution is 0.0472. The molecule has 1 heterocycles. The van der Waals surface area contributed by atoms with Crippen LogP contribution < -0.4 is 10.1 Å². The van der Waals surface area contributed by atoms with Crippen LogP contribution in [0.5, 0.6) is 5.75 Å². The van der Waals surface area contributed by atoms with Gasteiger partial charge in [-0.3, -0.25) is 5.32 Å². The van der Waals surface area contributed by atoms with Gasteiger partial charge in [0.25, 0.3) is 0 Å². The number of likely N-dealkylation sites (N-methyl/N-ethyl adjacent to an activating group) is 1. The number of hydrogen-bond acceptors (Lipinski definition) is 5. The Hall–Kier alpha value is -3.64. The predicted octanol–water partition coefficient (Wildman–Crippen LogP) is 7.75. The van der Waals surface area contributed by atoms with Gasteiger partial charge in [-0.05, 0) is 86.8 Å². The fraction of sp³-hybridized carbons (Fsp3) is 0.394. The third kappa shape index (κ3) is 8.17. The number of carbonyl (C=O) groups is 2. The third-order valence-corrected chi connectivity index (χ3v) is 7.26. The van der Waals surface area contributed by atoms with Crippen molar-refractivity contribution >= 4 is 17.7 Å². The van der Waals surface area contributed by atoms with Crippen molar-refractivity contribution < 1.29 is 19.1 Å². The molecule has 1 fully saturated rings. The van der Waals surface area contributed by atoms with Crippen LogP contribution in [0.3, 0.4) is 0 Å². The maximum absolute atomic E-state index is 12.7. The quantitative estimate of drug-likeness (QED) is 0.316. The van der Waals surface area contributed by atoms with Gasteiger partial charge >= 0.3 is 12.1 Å². The van der Waals surface area contributed by atoms with Gasteiger partial charge in [-0.2, -0.15) is 0 Å². The fourth-order valence-electron chi connectivity index (χ4n) is 5.16. The molecule has 0 spiro atoms. The Bertz CT molecular complexity index is 1230. The molecule has 6 nitrogen and oxygen atoms in total. The van der Waals surface area contributed by atoms with Crippen LogP contribution in [0.25, 0.3) is 0 Å². The maximum Gasteiger partial charge on any atom is 0.417 e. The Labute approximate surface area is 233 Å². The molecule has 6 heteroatoms. The molecule has 3 aromatic carbocycles. The van der Waals surface area contributed by atoms with Crippen LogP contribution in [-0.4, -0.2) is 37.1 Å². The summed E-state index contributed by atoms with van der Waals surface area (Å²) >= 11 is 0. The van der Waals surface area contributed by atoms with E-state index in [1.54, 1.807) is 18.2 Å². The minimum atomic E-state index is -0.570. The highest BCUT2D eigenvalue weighted by molar-refractivity contribution is 5.93. The van der Waals surface area contributed by atoms with Gasteiger partial charge in [-0.15, -0.1) is 0 Å². The van der Waals surface area contributed by atoms with E-state index in [2.05, 4.69) is 30.3 Å². The Morgan fingerprint density at radius 3 is 2.46 bits per heavy atom. The minimum Gasteiger partial charge on any atom is -0.457 e. The molecule has 0 saturated carbocycles. The molecule has 1 N–H and O–H groups in total. The fourth-order valence-corrected chi connectivity index (χ4v) is 5.16. The number of nitrogens with one attached hydrogen (secondary N) is 1. The molecule has 1 unspecified atom stereocenters. The van der Waals surface area contributed by atoms with Crippen molar-refractivity contribution in [1.82, 2.24) is 4.90 Å². The van der Waals surface area contributed by atoms with Crippen LogP contribution in [0.1, 0.15) is 73.5 Å². The normalized spacial score (nSPS) is 17.3. The lowest BCUT2D eigenvalue weighted by Crippen LogP contribution is -2.37. The van der Waals surface area contributed by atoms with Crippen molar-refractivity contribution in [1.29, 1.82) is 0 Å². The largest absolute Gasteiger partial charge is 0.457 e. The molecule has 39 heavy (non-hydrogen) atoms. The maximum atomic E-state index is 12.7. The lowest BCUT2D eigenvalue weighted by Gasteiger charge is -2.35. The van der Waals surface area contributed by atoms with E-state index in [4.69, 9.17) is 9.47 Å². The number of benzene rings is 3. The smallest absolute Gasteiger partial charge is 0.417 e. The summed E-state index contributed by atoms with van der Waals surface area (Å²) in [6.45, 7) is 10.4. The van der Waals surface area contributed by atoms with Gasteiger partial charge in [0.2, 0.25) is 0 Å². The first kappa shape index (κ1) is 29.9. The Balaban J connectivity index is 0.00000205. The van der Waals surface area contributed by atoms with Gasteiger partial charge < -0.3 is 14.4 Å². The van der Waals surface area contributed by atoms with E-state index in [1.165, 1.54) is 18.4 Å². The molecule has 1 saturated heterocycles.